The Kier molecular flexibility index (Phi) is 12.0. The Labute approximate surface area is 344 Å². The zero-order valence-corrected chi connectivity index (χ0v) is 33.9. The third kappa shape index (κ3) is 9.32. The molecule has 2 atom stereocenters. The summed E-state index contributed by atoms with van der Waals surface area (Å²) in [4.78, 5) is 85.8. The molecule has 16 heteroatoms. The second-order valence-corrected chi connectivity index (χ2v) is 16.9. The molecule has 7 heterocycles. The van der Waals surface area contributed by atoms with E-state index in [0.29, 0.717) is 42.1 Å². The van der Waals surface area contributed by atoms with E-state index in [2.05, 4.69) is 47.4 Å². The van der Waals surface area contributed by atoms with Gasteiger partial charge >= 0.3 is 6.03 Å². The third-order valence-corrected chi connectivity index (χ3v) is 13.0. The largest absolute Gasteiger partial charge is 0.370 e. The van der Waals surface area contributed by atoms with Gasteiger partial charge in [0.25, 0.3) is 5.91 Å². The van der Waals surface area contributed by atoms with E-state index in [1.54, 1.807) is 23.4 Å². The summed E-state index contributed by atoms with van der Waals surface area (Å²) in [6, 6.07) is 12.3. The minimum atomic E-state index is -0.648. The number of rotatable bonds is 12. The number of pyridine rings is 1. The molecule has 5 saturated heterocycles. The lowest BCUT2D eigenvalue weighted by molar-refractivity contribution is -0.136. The van der Waals surface area contributed by atoms with E-state index >= 15 is 0 Å². The number of primary amides is 1. The van der Waals surface area contributed by atoms with Crippen LogP contribution in [0.15, 0.2) is 48.8 Å². The predicted octanol–water partition coefficient (Wildman–Crippen LogP) is 3.77. The van der Waals surface area contributed by atoms with Crippen LogP contribution in [0.3, 0.4) is 0 Å². The van der Waals surface area contributed by atoms with Gasteiger partial charge in [-0.3, -0.25) is 29.5 Å². The number of likely N-dealkylation sites (tertiary alicyclic amines) is 1. The number of nitrogens with one attached hydrogen (secondary N) is 2. The number of carbonyl (C=O) groups excluding carboxylic acids is 5. The smallest absolute Gasteiger partial charge is 0.320 e. The number of anilines is 4. The first-order valence-electron chi connectivity index (χ1n) is 21.2. The number of urea groups is 1. The highest BCUT2D eigenvalue weighted by atomic mass is 16.2. The number of carbonyl (C=O) groups is 5. The van der Waals surface area contributed by atoms with E-state index < -0.39 is 11.8 Å². The van der Waals surface area contributed by atoms with E-state index in [0.717, 1.165) is 102 Å². The van der Waals surface area contributed by atoms with Gasteiger partial charge in [-0.2, -0.15) is 0 Å². The molecule has 0 radical (unpaired) electrons. The normalized spacial score (nSPS) is 22.5. The molecule has 5 amide bonds. The number of aromatic nitrogens is 3. The summed E-state index contributed by atoms with van der Waals surface area (Å²) >= 11 is 0. The SMILES string of the molecule is CN1CCN([C@@H]2CCCN(c3cnc(C(N)=O)c(Nc4ccc(C5CCN(CC6CCN(c7ccc(C(=O)C[C@H]8CCC(=O)NC8=O)nc7)CC6)CC5)cc4)n3)C2)C1=O. The third-order valence-electron chi connectivity index (χ3n) is 13.0. The molecule has 16 nitrogen and oxygen atoms in total. The molecule has 0 aliphatic carbocycles. The fraction of sp³-hybridized carbons (Fsp3) is 0.535. The molecule has 2 aromatic heterocycles. The van der Waals surface area contributed by atoms with Gasteiger partial charge in [-0.15, -0.1) is 0 Å². The second kappa shape index (κ2) is 17.7. The van der Waals surface area contributed by atoms with E-state index in [1.165, 1.54) is 5.56 Å². The summed E-state index contributed by atoms with van der Waals surface area (Å²) in [6.07, 6.45) is 10.4. The van der Waals surface area contributed by atoms with Crippen molar-refractivity contribution in [1.82, 2.24) is 35.0 Å². The number of amides is 5. The Hall–Kier alpha value is -5.64. The summed E-state index contributed by atoms with van der Waals surface area (Å²) in [7, 11) is 1.84. The number of hydrogen-bond donors (Lipinski definition) is 3. The average molecular weight is 806 g/mol. The van der Waals surface area contributed by atoms with Crippen molar-refractivity contribution < 1.29 is 24.0 Å². The van der Waals surface area contributed by atoms with Crippen molar-refractivity contribution in [2.75, 3.05) is 81.1 Å². The van der Waals surface area contributed by atoms with Crippen molar-refractivity contribution >= 4 is 52.5 Å². The number of ketones is 1. The molecular formula is C43H55N11O5. The summed E-state index contributed by atoms with van der Waals surface area (Å²) in [5.41, 5.74) is 9.27. The monoisotopic (exact) mass is 805 g/mol. The average Bonchev–Trinajstić information content (AvgIpc) is 3.59. The maximum absolute atomic E-state index is 12.8. The molecule has 4 N–H and O–H groups in total. The Morgan fingerprint density at radius 2 is 1.63 bits per heavy atom. The van der Waals surface area contributed by atoms with Gasteiger partial charge in [-0.25, -0.2) is 14.8 Å². The Bertz CT molecular complexity index is 2030. The number of nitrogens with two attached hydrogens (primary N) is 1. The minimum absolute atomic E-state index is 0.0638. The van der Waals surface area contributed by atoms with Gasteiger partial charge in [0.1, 0.15) is 11.5 Å². The van der Waals surface area contributed by atoms with Gasteiger partial charge in [0.2, 0.25) is 11.8 Å². The van der Waals surface area contributed by atoms with Crippen LogP contribution in [0.2, 0.25) is 0 Å². The van der Waals surface area contributed by atoms with Crippen molar-refractivity contribution in [3.63, 3.8) is 0 Å². The molecule has 0 unspecified atom stereocenters. The van der Waals surface area contributed by atoms with E-state index in [1.807, 2.05) is 30.1 Å². The number of nitrogens with zero attached hydrogens (tertiary/aromatic N) is 8. The fourth-order valence-corrected chi connectivity index (χ4v) is 9.39. The maximum atomic E-state index is 12.8. The summed E-state index contributed by atoms with van der Waals surface area (Å²) in [5.74, 6) is 0.134. The summed E-state index contributed by atoms with van der Waals surface area (Å²) in [5, 5.41) is 5.63. The van der Waals surface area contributed by atoms with Gasteiger partial charge in [-0.05, 0) is 99.7 Å². The first kappa shape index (κ1) is 40.2. The minimum Gasteiger partial charge on any atom is -0.370 e. The lowest BCUT2D eigenvalue weighted by atomic mass is 9.88. The predicted molar refractivity (Wildman–Crippen MR) is 223 cm³/mol. The van der Waals surface area contributed by atoms with Crippen LogP contribution < -0.4 is 26.2 Å². The highest BCUT2D eigenvalue weighted by Gasteiger charge is 2.35. The summed E-state index contributed by atoms with van der Waals surface area (Å²) in [6.45, 7) is 8.03. The van der Waals surface area contributed by atoms with E-state index in [9.17, 15) is 24.0 Å². The topological polar surface area (TPSA) is 190 Å². The Balaban J connectivity index is 0.789. The molecule has 1 aromatic carbocycles. The van der Waals surface area contributed by atoms with Gasteiger partial charge < -0.3 is 35.6 Å². The van der Waals surface area contributed by atoms with Crippen LogP contribution in [-0.4, -0.2) is 131 Å². The van der Waals surface area contributed by atoms with Crippen LogP contribution in [0.25, 0.3) is 0 Å². The molecule has 5 aliphatic rings. The molecular weight excluding hydrogens is 751 g/mol. The van der Waals surface area contributed by atoms with Crippen LogP contribution >= 0.6 is 0 Å². The molecule has 312 valence electrons. The number of imide groups is 1. The standard InChI is InChI=1S/C43H55N11O5/c1-50-21-22-54(43(50)59)34-3-2-16-53(27-34)37-25-46-39(40(44)57)41(48-37)47-32-7-4-29(5-8-32)30-14-17-51(18-15-30)26-28-12-19-52(20-13-28)33-9-10-35(45-24-33)36(55)23-31-6-11-38(56)49-42(31)58/h4-5,7-10,24-25,28,30-31,34H,2-3,6,11-23,26-27H2,1H3,(H2,44,57)(H,47,48)(H,49,56,58)/t31-,34-/m1/s1. The number of piperidine rings is 4. The summed E-state index contributed by atoms with van der Waals surface area (Å²) < 4.78 is 0. The Morgan fingerprint density at radius 3 is 2.31 bits per heavy atom. The second-order valence-electron chi connectivity index (χ2n) is 16.9. The molecule has 8 rings (SSSR count). The van der Waals surface area contributed by atoms with Gasteiger partial charge in [0.15, 0.2) is 17.3 Å². The van der Waals surface area contributed by atoms with E-state index in [-0.39, 0.29) is 48.2 Å². The molecule has 0 bridgehead atoms. The zero-order chi connectivity index (χ0) is 41.0. The van der Waals surface area contributed by atoms with Crippen molar-refractivity contribution in [3.8, 4) is 0 Å². The van der Waals surface area contributed by atoms with E-state index in [4.69, 9.17) is 10.7 Å². The highest BCUT2D eigenvalue weighted by Crippen LogP contribution is 2.32. The first-order valence-corrected chi connectivity index (χ1v) is 21.2. The lowest BCUT2D eigenvalue weighted by Gasteiger charge is -2.38. The number of benzene rings is 1. The molecule has 0 spiro atoms. The molecule has 5 aliphatic heterocycles. The van der Waals surface area contributed by atoms with Crippen LogP contribution in [0.4, 0.5) is 27.8 Å². The number of likely N-dealkylation sites (N-methyl/N-ethyl adjacent to an activating group) is 1. The van der Waals surface area contributed by atoms with Crippen LogP contribution in [0.5, 0.6) is 0 Å². The molecule has 3 aromatic rings. The first-order chi connectivity index (χ1) is 28.6. The van der Waals surface area contributed by atoms with Crippen molar-refractivity contribution in [2.24, 2.45) is 17.6 Å². The quantitative estimate of drug-likeness (QED) is 0.178. The van der Waals surface area contributed by atoms with Crippen LogP contribution in [-0.2, 0) is 9.59 Å². The Morgan fingerprint density at radius 1 is 0.847 bits per heavy atom. The lowest BCUT2D eigenvalue weighted by Crippen LogP contribution is -2.49. The van der Waals surface area contributed by atoms with Crippen molar-refractivity contribution in [3.05, 3.63) is 65.7 Å². The van der Waals surface area contributed by atoms with Gasteiger partial charge in [0.05, 0.1) is 24.1 Å². The fourth-order valence-electron chi connectivity index (χ4n) is 9.39. The molecule has 59 heavy (non-hydrogen) atoms. The zero-order valence-electron chi connectivity index (χ0n) is 33.9. The highest BCUT2D eigenvalue weighted by molar-refractivity contribution is 6.02. The van der Waals surface area contributed by atoms with Gasteiger partial charge in [0, 0.05) is 77.3 Å². The van der Waals surface area contributed by atoms with Gasteiger partial charge in [-0.1, -0.05) is 12.1 Å². The molecule has 5 fully saturated rings. The molecule has 0 saturated carbocycles. The maximum Gasteiger partial charge on any atom is 0.320 e. The number of hydrogen-bond acceptors (Lipinski definition) is 12. The number of Topliss-reactive ketones (excluding diaryl/α,β-unsaturated/α-hetero) is 1. The van der Waals surface area contributed by atoms with Crippen LogP contribution in [0.1, 0.15) is 90.2 Å². The van der Waals surface area contributed by atoms with Crippen LogP contribution in [0, 0.1) is 11.8 Å². The van der Waals surface area contributed by atoms with Crippen molar-refractivity contribution in [1.29, 1.82) is 0 Å². The van der Waals surface area contributed by atoms with Crippen molar-refractivity contribution in [2.45, 2.75) is 69.7 Å².